The van der Waals surface area contributed by atoms with Crippen LogP contribution in [0.3, 0.4) is 0 Å². The van der Waals surface area contributed by atoms with E-state index in [0.717, 1.165) is 33.4 Å². The van der Waals surface area contributed by atoms with Crippen LogP contribution >= 0.6 is 0 Å². The van der Waals surface area contributed by atoms with Gasteiger partial charge in [-0.05, 0) is 32.0 Å². The summed E-state index contributed by atoms with van der Waals surface area (Å²) in [5, 5.41) is 3.18. The van der Waals surface area contributed by atoms with Crippen molar-refractivity contribution in [2.24, 2.45) is 7.05 Å². The molecular formula is C23H21N5O2. The predicted molar refractivity (Wildman–Crippen MR) is 117 cm³/mol. The molecule has 0 aliphatic heterocycles. The molecule has 0 atom stereocenters. The molecule has 3 heterocycles. The first kappa shape index (κ1) is 18.2. The van der Waals surface area contributed by atoms with Gasteiger partial charge in [-0.3, -0.25) is 19.0 Å². The van der Waals surface area contributed by atoms with Gasteiger partial charge >= 0.3 is 5.69 Å². The lowest BCUT2D eigenvalue weighted by Gasteiger charge is -2.04. The summed E-state index contributed by atoms with van der Waals surface area (Å²) in [5.41, 5.74) is 6.35. The van der Waals surface area contributed by atoms with Crippen LogP contribution in [0.15, 0.2) is 64.2 Å². The summed E-state index contributed by atoms with van der Waals surface area (Å²) in [6.45, 7) is 4.21. The van der Waals surface area contributed by atoms with Crippen LogP contribution in [0.2, 0.25) is 0 Å². The van der Waals surface area contributed by atoms with E-state index in [-0.39, 0.29) is 17.8 Å². The molecule has 7 nitrogen and oxygen atoms in total. The molecule has 0 fully saturated rings. The Morgan fingerprint density at radius 1 is 0.967 bits per heavy atom. The maximum Gasteiger partial charge on any atom is 0.329 e. The topological polar surface area (TPSA) is 77.1 Å². The molecule has 30 heavy (non-hydrogen) atoms. The number of imidazole rings is 1. The van der Waals surface area contributed by atoms with Crippen LogP contribution in [0.1, 0.15) is 16.8 Å². The summed E-state index contributed by atoms with van der Waals surface area (Å²) in [7, 11) is 1.75. The number of nitrogens with zero attached hydrogens (tertiary/aromatic N) is 4. The molecule has 2 aromatic carbocycles. The monoisotopic (exact) mass is 399 g/mol. The molecule has 0 spiro atoms. The number of hydrogen-bond donors (Lipinski definition) is 1. The van der Waals surface area contributed by atoms with Gasteiger partial charge in [0.2, 0.25) is 0 Å². The Labute approximate surface area is 171 Å². The van der Waals surface area contributed by atoms with Crippen molar-refractivity contribution in [2.75, 3.05) is 0 Å². The van der Waals surface area contributed by atoms with Gasteiger partial charge in [-0.2, -0.15) is 0 Å². The van der Waals surface area contributed by atoms with E-state index in [0.29, 0.717) is 11.3 Å². The van der Waals surface area contributed by atoms with Crippen LogP contribution in [-0.2, 0) is 13.6 Å². The molecule has 0 unspecified atom stereocenters. The highest BCUT2D eigenvalue weighted by molar-refractivity contribution is 5.76. The third-order valence-electron chi connectivity index (χ3n) is 5.58. The molecule has 1 N–H and O–H groups in total. The second-order valence-electron chi connectivity index (χ2n) is 7.64. The Morgan fingerprint density at radius 2 is 1.73 bits per heavy atom. The Kier molecular flexibility index (Phi) is 3.99. The van der Waals surface area contributed by atoms with Crippen LogP contribution in [0.4, 0.5) is 0 Å². The molecule has 0 bridgehead atoms. The highest BCUT2D eigenvalue weighted by Crippen LogP contribution is 2.24. The van der Waals surface area contributed by atoms with E-state index in [4.69, 9.17) is 4.98 Å². The normalized spacial score (nSPS) is 11.6. The average molecular weight is 399 g/mol. The molecule has 0 aliphatic carbocycles. The third kappa shape index (κ3) is 2.70. The minimum atomic E-state index is -0.203. The number of para-hydroxylation sites is 2. The SMILES string of the molecule is Cc1cccc(-c2[nH]n3c(=O)cc(Cn4c(=O)n(C)c5ccccc54)nc3c2C)c1. The number of aromatic nitrogens is 5. The summed E-state index contributed by atoms with van der Waals surface area (Å²) < 4.78 is 4.72. The van der Waals surface area contributed by atoms with Crippen molar-refractivity contribution in [3.8, 4) is 11.3 Å². The van der Waals surface area contributed by atoms with Gasteiger partial charge in [0.25, 0.3) is 5.56 Å². The Hall–Kier alpha value is -3.87. The van der Waals surface area contributed by atoms with E-state index in [9.17, 15) is 9.59 Å². The van der Waals surface area contributed by atoms with E-state index in [1.54, 1.807) is 16.2 Å². The second-order valence-corrected chi connectivity index (χ2v) is 7.64. The number of hydrogen-bond acceptors (Lipinski definition) is 3. The Bertz CT molecular complexity index is 1550. The fourth-order valence-electron chi connectivity index (χ4n) is 4.04. The molecule has 5 aromatic rings. The van der Waals surface area contributed by atoms with Crippen molar-refractivity contribution in [2.45, 2.75) is 20.4 Å². The van der Waals surface area contributed by atoms with Crippen molar-refractivity contribution in [3.05, 3.63) is 92.3 Å². The van der Waals surface area contributed by atoms with E-state index >= 15 is 0 Å². The van der Waals surface area contributed by atoms with Crippen molar-refractivity contribution in [1.29, 1.82) is 0 Å². The van der Waals surface area contributed by atoms with Crippen molar-refractivity contribution in [1.82, 2.24) is 23.7 Å². The number of rotatable bonds is 3. The fraction of sp³-hybridized carbons (Fsp3) is 0.174. The van der Waals surface area contributed by atoms with Gasteiger partial charge in [-0.25, -0.2) is 14.3 Å². The van der Waals surface area contributed by atoms with Crippen LogP contribution in [0.5, 0.6) is 0 Å². The average Bonchev–Trinajstić information content (AvgIpc) is 3.19. The van der Waals surface area contributed by atoms with Crippen LogP contribution < -0.4 is 11.2 Å². The van der Waals surface area contributed by atoms with Gasteiger partial charge in [0.1, 0.15) is 0 Å². The lowest BCUT2D eigenvalue weighted by atomic mass is 10.1. The molecule has 0 saturated carbocycles. The molecule has 0 amide bonds. The second kappa shape index (κ2) is 6.59. The lowest BCUT2D eigenvalue weighted by Crippen LogP contribution is -2.24. The molecule has 0 radical (unpaired) electrons. The number of aromatic amines is 1. The molecule has 0 saturated heterocycles. The standard InChI is InChI=1S/C23H21N5O2/c1-14-7-6-8-16(11-14)21-15(2)22-24-17(12-20(29)28(22)25-21)13-27-19-10-5-4-9-18(19)26(3)23(27)30/h4-12,25H,13H2,1-3H3. The van der Waals surface area contributed by atoms with E-state index in [2.05, 4.69) is 11.2 Å². The number of benzene rings is 2. The van der Waals surface area contributed by atoms with Crippen molar-refractivity contribution < 1.29 is 0 Å². The third-order valence-corrected chi connectivity index (χ3v) is 5.58. The zero-order chi connectivity index (χ0) is 21.0. The summed E-state index contributed by atoms with van der Waals surface area (Å²) >= 11 is 0. The maximum absolute atomic E-state index is 12.8. The first-order valence-corrected chi connectivity index (χ1v) is 9.76. The lowest BCUT2D eigenvalue weighted by molar-refractivity contribution is 0.717. The predicted octanol–water partition coefficient (Wildman–Crippen LogP) is 3.01. The molecule has 7 heteroatoms. The van der Waals surface area contributed by atoms with E-state index in [1.807, 2.05) is 56.3 Å². The summed E-state index contributed by atoms with van der Waals surface area (Å²) in [6.07, 6.45) is 0. The molecule has 0 aliphatic rings. The smallest absolute Gasteiger partial charge is 0.295 e. The van der Waals surface area contributed by atoms with Gasteiger partial charge in [0.15, 0.2) is 5.65 Å². The van der Waals surface area contributed by atoms with Crippen LogP contribution in [0.25, 0.3) is 27.9 Å². The molecule has 150 valence electrons. The van der Waals surface area contributed by atoms with Crippen LogP contribution in [0, 0.1) is 13.8 Å². The zero-order valence-corrected chi connectivity index (χ0v) is 17.0. The highest BCUT2D eigenvalue weighted by Gasteiger charge is 2.16. The number of H-pyrrole nitrogens is 1. The zero-order valence-electron chi connectivity index (χ0n) is 17.0. The van der Waals surface area contributed by atoms with Gasteiger partial charge in [0.05, 0.1) is 29.0 Å². The van der Waals surface area contributed by atoms with Gasteiger partial charge in [0, 0.05) is 24.2 Å². The molecule has 5 rings (SSSR count). The quantitative estimate of drug-likeness (QED) is 0.507. The van der Waals surface area contributed by atoms with Crippen molar-refractivity contribution in [3.63, 3.8) is 0 Å². The van der Waals surface area contributed by atoms with Crippen LogP contribution in [-0.4, -0.2) is 23.7 Å². The Balaban J connectivity index is 1.66. The summed E-state index contributed by atoms with van der Waals surface area (Å²) in [5.74, 6) is 0. The van der Waals surface area contributed by atoms with E-state index < -0.39 is 0 Å². The fourth-order valence-corrected chi connectivity index (χ4v) is 4.04. The first-order valence-electron chi connectivity index (χ1n) is 9.76. The largest absolute Gasteiger partial charge is 0.329 e. The number of fused-ring (bicyclic) bond motifs is 2. The molecule has 3 aromatic heterocycles. The maximum atomic E-state index is 12.8. The van der Waals surface area contributed by atoms with E-state index in [1.165, 1.54) is 10.6 Å². The summed E-state index contributed by atoms with van der Waals surface area (Å²) in [6, 6.07) is 17.2. The first-order chi connectivity index (χ1) is 14.4. The molecular weight excluding hydrogens is 378 g/mol. The van der Waals surface area contributed by atoms with Gasteiger partial charge in [-0.15, -0.1) is 0 Å². The Morgan fingerprint density at radius 3 is 2.50 bits per heavy atom. The summed E-state index contributed by atoms with van der Waals surface area (Å²) in [4.78, 5) is 30.3. The highest BCUT2D eigenvalue weighted by atomic mass is 16.1. The van der Waals surface area contributed by atoms with Gasteiger partial charge in [-0.1, -0.05) is 35.9 Å². The number of aryl methyl sites for hydroxylation is 3. The minimum Gasteiger partial charge on any atom is -0.295 e. The van der Waals surface area contributed by atoms with Crippen molar-refractivity contribution >= 4 is 16.7 Å². The van der Waals surface area contributed by atoms with Gasteiger partial charge < -0.3 is 0 Å². The number of nitrogens with one attached hydrogen (secondary N) is 1. The minimum absolute atomic E-state index is 0.135.